The van der Waals surface area contributed by atoms with Crippen molar-refractivity contribution in [2.75, 3.05) is 13.4 Å². The fourth-order valence-corrected chi connectivity index (χ4v) is 8.06. The Hall–Kier alpha value is -0.810. The molecule has 3 aliphatic rings. The van der Waals surface area contributed by atoms with Gasteiger partial charge in [-0.2, -0.15) is 12.9 Å². The van der Waals surface area contributed by atoms with E-state index < -0.39 is 48.4 Å². The molecule has 1 aromatic rings. The van der Waals surface area contributed by atoms with E-state index in [0.717, 1.165) is 11.1 Å². The molecule has 5 atom stereocenters. The quantitative estimate of drug-likeness (QED) is 0.542. The van der Waals surface area contributed by atoms with Crippen LogP contribution in [0.25, 0.3) is 0 Å². The zero-order valence-corrected chi connectivity index (χ0v) is 17.5. The molecular formula is C13H17O13P3. The highest BCUT2D eigenvalue weighted by Crippen LogP contribution is 2.80. The highest BCUT2D eigenvalue weighted by molar-refractivity contribution is 7.74. The van der Waals surface area contributed by atoms with Gasteiger partial charge in [0.2, 0.25) is 6.79 Å². The van der Waals surface area contributed by atoms with Gasteiger partial charge < -0.3 is 29.1 Å². The summed E-state index contributed by atoms with van der Waals surface area (Å²) < 4.78 is 68.5. The summed E-state index contributed by atoms with van der Waals surface area (Å²) in [5.74, 6) is 1.13. The third-order valence-electron chi connectivity index (χ3n) is 4.34. The average Bonchev–Trinajstić information content (AvgIpc) is 3.14. The van der Waals surface area contributed by atoms with Gasteiger partial charge in [-0.3, -0.25) is 4.52 Å². The van der Waals surface area contributed by atoms with Gasteiger partial charge >= 0.3 is 23.5 Å². The van der Waals surface area contributed by atoms with E-state index >= 15 is 0 Å². The first-order chi connectivity index (χ1) is 13.5. The van der Waals surface area contributed by atoms with Gasteiger partial charge in [-0.05, 0) is 30.2 Å². The molecule has 3 N–H and O–H groups in total. The topological polar surface area (TPSA) is 177 Å². The predicted octanol–water partition coefficient (Wildman–Crippen LogP) is 2.30. The molecule has 3 unspecified atom stereocenters. The van der Waals surface area contributed by atoms with Gasteiger partial charge in [0.05, 0.1) is 18.8 Å². The molecule has 162 valence electrons. The number of fused-ring (bicyclic) bond motifs is 1. The fourth-order valence-electron chi connectivity index (χ4n) is 3.12. The van der Waals surface area contributed by atoms with Gasteiger partial charge in [-0.1, -0.05) is 0 Å². The second kappa shape index (κ2) is 7.40. The summed E-state index contributed by atoms with van der Waals surface area (Å²) in [5, 5.41) is 10.3. The maximum Gasteiger partial charge on any atom is 0.492 e. The Morgan fingerprint density at radius 2 is 1.69 bits per heavy atom. The summed E-state index contributed by atoms with van der Waals surface area (Å²) in [7, 11) is -15.2. The number of aliphatic hydroxyl groups excluding tert-OH is 1. The van der Waals surface area contributed by atoms with E-state index in [9.17, 15) is 28.6 Å². The predicted molar refractivity (Wildman–Crippen MR) is 92.0 cm³/mol. The number of phosphoric acid groups is 3. The highest BCUT2D eigenvalue weighted by atomic mass is 31.3. The lowest BCUT2D eigenvalue weighted by Crippen LogP contribution is -2.26. The van der Waals surface area contributed by atoms with Gasteiger partial charge in [0.1, 0.15) is 6.10 Å². The van der Waals surface area contributed by atoms with Crippen molar-refractivity contribution in [1.29, 1.82) is 0 Å². The number of rotatable bonds is 4. The molecule has 3 aliphatic heterocycles. The molecule has 1 aromatic carbocycles. The Morgan fingerprint density at radius 3 is 2.34 bits per heavy atom. The van der Waals surface area contributed by atoms with Crippen LogP contribution in [0.2, 0.25) is 0 Å². The minimum Gasteiger partial charge on any atom is -0.454 e. The molecule has 13 nitrogen and oxygen atoms in total. The summed E-state index contributed by atoms with van der Waals surface area (Å²) in [6.45, 7) is 1.32. The van der Waals surface area contributed by atoms with Crippen LogP contribution in [-0.2, 0) is 35.9 Å². The van der Waals surface area contributed by atoms with Crippen LogP contribution >= 0.6 is 23.5 Å². The van der Waals surface area contributed by atoms with Crippen LogP contribution in [0, 0.1) is 6.92 Å². The van der Waals surface area contributed by atoms with Crippen molar-refractivity contribution in [2.24, 2.45) is 0 Å². The van der Waals surface area contributed by atoms with Gasteiger partial charge in [0.25, 0.3) is 0 Å². The lowest BCUT2D eigenvalue weighted by Gasteiger charge is -2.27. The molecule has 2 fully saturated rings. The molecule has 0 bridgehead atoms. The van der Waals surface area contributed by atoms with E-state index in [4.69, 9.17) is 18.7 Å². The van der Waals surface area contributed by atoms with Crippen molar-refractivity contribution in [3.63, 3.8) is 0 Å². The normalized spacial score (nSPS) is 41.6. The maximum atomic E-state index is 12.3. The van der Waals surface area contributed by atoms with Crippen LogP contribution in [0.4, 0.5) is 0 Å². The van der Waals surface area contributed by atoms with Crippen LogP contribution in [0.1, 0.15) is 23.7 Å². The third-order valence-corrected chi connectivity index (χ3v) is 9.71. The monoisotopic (exact) mass is 474 g/mol. The van der Waals surface area contributed by atoms with E-state index in [1.165, 1.54) is 0 Å². The van der Waals surface area contributed by atoms with E-state index in [0.29, 0.717) is 11.5 Å². The summed E-state index contributed by atoms with van der Waals surface area (Å²) in [4.78, 5) is 18.5. The zero-order chi connectivity index (χ0) is 21.0. The number of hydrogen-bond donors (Lipinski definition) is 3. The molecule has 2 saturated heterocycles. The van der Waals surface area contributed by atoms with Crippen LogP contribution in [-0.4, -0.2) is 40.5 Å². The van der Waals surface area contributed by atoms with Crippen molar-refractivity contribution < 1.29 is 60.3 Å². The molecular weight excluding hydrogens is 457 g/mol. The first-order valence-electron chi connectivity index (χ1n) is 8.23. The molecule has 16 heteroatoms. The second-order valence-corrected chi connectivity index (χ2v) is 11.4. The minimum absolute atomic E-state index is 0.102. The van der Waals surface area contributed by atoms with Crippen molar-refractivity contribution in [1.82, 2.24) is 0 Å². The summed E-state index contributed by atoms with van der Waals surface area (Å²) in [6.07, 6.45) is -2.47. The summed E-state index contributed by atoms with van der Waals surface area (Å²) in [6, 6.07) is 3.51. The number of aliphatic hydroxyl groups is 1. The zero-order valence-electron chi connectivity index (χ0n) is 14.8. The Morgan fingerprint density at radius 1 is 1.07 bits per heavy atom. The average molecular weight is 474 g/mol. The van der Waals surface area contributed by atoms with Gasteiger partial charge in [0.15, 0.2) is 11.5 Å². The first-order valence-corrected chi connectivity index (χ1v) is 12.7. The largest absolute Gasteiger partial charge is 0.492 e. The molecule has 0 aliphatic carbocycles. The highest BCUT2D eigenvalue weighted by Gasteiger charge is 2.54. The number of ether oxygens (including phenoxy) is 3. The Labute approximate surface area is 164 Å². The lowest BCUT2D eigenvalue weighted by molar-refractivity contribution is -0.0230. The Balaban J connectivity index is 1.44. The standard InChI is InChI=1S/C13H17O13P3/c1-7-2-11-12(21-6-20-11)3-8(7)10-4-9(14)13(23-10)5-22-29(19)25-27(15,16)24-28(17,18)26-29/h2-3,9-10,13-14H,4-6H2,1H3,(H,15,16)(H,17,18)/t9?,10-,13-/m1/s1. The van der Waals surface area contributed by atoms with Crippen molar-refractivity contribution in [2.45, 2.75) is 31.7 Å². The molecule has 0 saturated carbocycles. The van der Waals surface area contributed by atoms with Gasteiger partial charge in [-0.15, -0.1) is 0 Å². The fraction of sp³-hybridized carbons (Fsp3) is 0.538. The van der Waals surface area contributed by atoms with Crippen LogP contribution in [0.15, 0.2) is 12.1 Å². The van der Waals surface area contributed by atoms with E-state index in [2.05, 4.69) is 12.9 Å². The molecule has 29 heavy (non-hydrogen) atoms. The van der Waals surface area contributed by atoms with Crippen LogP contribution < -0.4 is 9.47 Å². The SMILES string of the molecule is Cc1cc2c(cc1[C@H]1CC(O)[C@@H](COP3(=O)OP(=O)(O)OP(=O)(O)O3)O1)OCO2. The molecule has 0 spiro atoms. The number of aryl methyl sites for hydroxylation is 1. The Bertz CT molecular complexity index is 936. The number of hydrogen-bond acceptors (Lipinski definition) is 11. The van der Waals surface area contributed by atoms with Crippen molar-refractivity contribution in [3.05, 3.63) is 23.3 Å². The van der Waals surface area contributed by atoms with Crippen molar-refractivity contribution in [3.8, 4) is 11.5 Å². The van der Waals surface area contributed by atoms with Gasteiger partial charge in [-0.25, -0.2) is 13.7 Å². The van der Waals surface area contributed by atoms with Gasteiger partial charge in [0, 0.05) is 6.42 Å². The van der Waals surface area contributed by atoms with Crippen LogP contribution in [0.5, 0.6) is 11.5 Å². The van der Waals surface area contributed by atoms with Crippen LogP contribution in [0.3, 0.4) is 0 Å². The second-order valence-electron chi connectivity index (χ2n) is 6.45. The molecule has 0 amide bonds. The third kappa shape index (κ3) is 4.61. The Kier molecular flexibility index (Phi) is 5.47. The maximum absolute atomic E-state index is 12.3. The van der Waals surface area contributed by atoms with E-state index in [1.54, 1.807) is 12.1 Å². The molecule has 0 radical (unpaired) electrons. The van der Waals surface area contributed by atoms with E-state index in [1.807, 2.05) is 6.92 Å². The summed E-state index contributed by atoms with van der Waals surface area (Å²) in [5.41, 5.74) is 1.57. The van der Waals surface area contributed by atoms with E-state index in [-0.39, 0.29) is 13.2 Å². The number of benzene rings is 1. The molecule has 0 aromatic heterocycles. The van der Waals surface area contributed by atoms with Crippen molar-refractivity contribution >= 4 is 23.5 Å². The minimum atomic E-state index is -5.14. The smallest absolute Gasteiger partial charge is 0.454 e. The summed E-state index contributed by atoms with van der Waals surface area (Å²) >= 11 is 0. The lowest BCUT2D eigenvalue weighted by atomic mass is 9.99. The first kappa shape index (κ1) is 21.4. The molecule has 3 heterocycles. The molecule has 4 rings (SSSR count).